The van der Waals surface area contributed by atoms with Gasteiger partial charge in [0.2, 0.25) is 10.0 Å². The summed E-state index contributed by atoms with van der Waals surface area (Å²) >= 11 is 0. The van der Waals surface area contributed by atoms with Crippen LogP contribution in [0.15, 0.2) is 47.4 Å². The Labute approximate surface area is 183 Å². The SMILES string of the molecule is CCC(Oc1cccc(C)c1)C(=O)Nc1ccc(OC)c(S(=O)(=O)N2CCOCC2)c1. The number of morpholine rings is 1. The maximum Gasteiger partial charge on any atom is 0.265 e. The molecule has 1 aliphatic heterocycles. The van der Waals surface area contributed by atoms with Crippen LogP contribution in [0.25, 0.3) is 0 Å². The van der Waals surface area contributed by atoms with Crippen molar-refractivity contribution < 1.29 is 27.4 Å². The van der Waals surface area contributed by atoms with Gasteiger partial charge in [0.1, 0.15) is 16.4 Å². The maximum atomic E-state index is 13.1. The molecule has 1 heterocycles. The second-order valence-electron chi connectivity index (χ2n) is 7.20. The summed E-state index contributed by atoms with van der Waals surface area (Å²) in [4.78, 5) is 12.8. The fourth-order valence-electron chi connectivity index (χ4n) is 3.28. The summed E-state index contributed by atoms with van der Waals surface area (Å²) in [5.41, 5.74) is 1.38. The molecule has 2 aromatic carbocycles. The summed E-state index contributed by atoms with van der Waals surface area (Å²) in [7, 11) is -2.38. The van der Waals surface area contributed by atoms with Crippen molar-refractivity contribution in [3.05, 3.63) is 48.0 Å². The van der Waals surface area contributed by atoms with E-state index in [-0.39, 0.29) is 29.6 Å². The first-order valence-electron chi connectivity index (χ1n) is 10.1. The van der Waals surface area contributed by atoms with Gasteiger partial charge in [0.05, 0.1) is 20.3 Å². The number of methoxy groups -OCH3 is 1. The molecular weight excluding hydrogens is 420 g/mol. The van der Waals surface area contributed by atoms with Gasteiger partial charge in [0, 0.05) is 18.8 Å². The first-order chi connectivity index (χ1) is 14.8. The highest BCUT2D eigenvalue weighted by Gasteiger charge is 2.30. The highest BCUT2D eigenvalue weighted by atomic mass is 32.2. The number of carbonyl (C=O) groups is 1. The van der Waals surface area contributed by atoms with E-state index in [2.05, 4.69) is 5.32 Å². The van der Waals surface area contributed by atoms with Crippen LogP contribution in [0.5, 0.6) is 11.5 Å². The largest absolute Gasteiger partial charge is 0.495 e. The van der Waals surface area contributed by atoms with E-state index < -0.39 is 16.1 Å². The summed E-state index contributed by atoms with van der Waals surface area (Å²) in [6, 6.07) is 12.0. The maximum absolute atomic E-state index is 13.1. The van der Waals surface area contributed by atoms with Gasteiger partial charge >= 0.3 is 0 Å². The van der Waals surface area contributed by atoms with Crippen molar-refractivity contribution in [2.24, 2.45) is 0 Å². The molecule has 2 aromatic rings. The Morgan fingerprint density at radius 1 is 1.19 bits per heavy atom. The topological polar surface area (TPSA) is 94.2 Å². The van der Waals surface area contributed by atoms with Crippen LogP contribution in [0.1, 0.15) is 18.9 Å². The molecule has 1 saturated heterocycles. The smallest absolute Gasteiger partial charge is 0.265 e. The predicted molar refractivity (Wildman–Crippen MR) is 117 cm³/mol. The minimum absolute atomic E-state index is 0.00218. The van der Waals surface area contributed by atoms with Gasteiger partial charge in [0.15, 0.2) is 6.10 Å². The molecular formula is C22H28N2O6S. The van der Waals surface area contributed by atoms with E-state index in [4.69, 9.17) is 14.2 Å². The Morgan fingerprint density at radius 2 is 1.94 bits per heavy atom. The van der Waals surface area contributed by atoms with Crippen molar-refractivity contribution in [1.82, 2.24) is 4.31 Å². The van der Waals surface area contributed by atoms with E-state index in [1.807, 2.05) is 32.0 Å². The molecule has 0 radical (unpaired) electrons. The summed E-state index contributed by atoms with van der Waals surface area (Å²) in [6.45, 7) is 5.01. The van der Waals surface area contributed by atoms with Crippen molar-refractivity contribution in [2.75, 3.05) is 38.7 Å². The number of benzene rings is 2. The van der Waals surface area contributed by atoms with Crippen LogP contribution >= 0.6 is 0 Å². The van der Waals surface area contributed by atoms with E-state index >= 15 is 0 Å². The molecule has 0 aromatic heterocycles. The molecule has 1 amide bonds. The number of hydrogen-bond donors (Lipinski definition) is 1. The van der Waals surface area contributed by atoms with E-state index in [0.29, 0.717) is 31.1 Å². The Balaban J connectivity index is 1.80. The summed E-state index contributed by atoms with van der Waals surface area (Å²) in [5, 5.41) is 2.77. The minimum Gasteiger partial charge on any atom is -0.495 e. The first kappa shape index (κ1) is 23.1. The number of anilines is 1. The predicted octanol–water partition coefficient (Wildman–Crippen LogP) is 2.82. The second-order valence-corrected chi connectivity index (χ2v) is 9.11. The van der Waals surface area contributed by atoms with Gasteiger partial charge in [-0.15, -0.1) is 0 Å². The third-order valence-corrected chi connectivity index (χ3v) is 6.87. The highest BCUT2D eigenvalue weighted by Crippen LogP contribution is 2.30. The highest BCUT2D eigenvalue weighted by molar-refractivity contribution is 7.89. The second kappa shape index (κ2) is 10.1. The monoisotopic (exact) mass is 448 g/mol. The molecule has 0 aliphatic carbocycles. The van der Waals surface area contributed by atoms with E-state index in [9.17, 15) is 13.2 Å². The van der Waals surface area contributed by atoms with Crippen molar-refractivity contribution in [1.29, 1.82) is 0 Å². The zero-order chi connectivity index (χ0) is 22.4. The number of nitrogens with one attached hydrogen (secondary N) is 1. The average molecular weight is 449 g/mol. The summed E-state index contributed by atoms with van der Waals surface area (Å²) in [6.07, 6.45) is -0.266. The Morgan fingerprint density at radius 3 is 2.58 bits per heavy atom. The van der Waals surface area contributed by atoms with Gasteiger partial charge in [-0.3, -0.25) is 4.79 Å². The average Bonchev–Trinajstić information content (AvgIpc) is 2.78. The van der Waals surface area contributed by atoms with E-state index in [0.717, 1.165) is 5.56 Å². The summed E-state index contributed by atoms with van der Waals surface area (Å²) in [5.74, 6) is 0.462. The van der Waals surface area contributed by atoms with Gasteiger partial charge in [-0.2, -0.15) is 4.31 Å². The van der Waals surface area contributed by atoms with Crippen LogP contribution in [0.2, 0.25) is 0 Å². The lowest BCUT2D eigenvalue weighted by Gasteiger charge is -2.27. The lowest BCUT2D eigenvalue weighted by molar-refractivity contribution is -0.122. The molecule has 0 spiro atoms. The fraction of sp³-hybridized carbons (Fsp3) is 0.409. The molecule has 1 N–H and O–H groups in total. The molecule has 1 unspecified atom stereocenters. The molecule has 9 heteroatoms. The van der Waals surface area contributed by atoms with Crippen molar-refractivity contribution in [3.63, 3.8) is 0 Å². The van der Waals surface area contributed by atoms with Crippen LogP contribution in [-0.4, -0.2) is 58.1 Å². The van der Waals surface area contributed by atoms with Crippen molar-refractivity contribution in [3.8, 4) is 11.5 Å². The number of amides is 1. The molecule has 0 bridgehead atoms. The van der Waals surface area contributed by atoms with Crippen molar-refractivity contribution >= 4 is 21.6 Å². The molecule has 1 aliphatic rings. The fourth-order valence-corrected chi connectivity index (χ4v) is 4.87. The number of rotatable bonds is 8. The quantitative estimate of drug-likeness (QED) is 0.667. The van der Waals surface area contributed by atoms with Crippen LogP contribution in [0, 0.1) is 6.92 Å². The number of ether oxygens (including phenoxy) is 3. The van der Waals surface area contributed by atoms with Crippen LogP contribution in [0.3, 0.4) is 0 Å². The molecule has 8 nitrogen and oxygen atoms in total. The normalized spacial score (nSPS) is 15.8. The Kier molecular flexibility index (Phi) is 7.53. The van der Waals surface area contributed by atoms with E-state index in [1.165, 1.54) is 23.5 Å². The number of aryl methyl sites for hydroxylation is 1. The number of hydrogen-bond acceptors (Lipinski definition) is 6. The molecule has 168 valence electrons. The lowest BCUT2D eigenvalue weighted by Crippen LogP contribution is -2.40. The third-order valence-electron chi connectivity index (χ3n) is 4.95. The van der Waals surface area contributed by atoms with Gasteiger partial charge in [0.25, 0.3) is 5.91 Å². The molecule has 1 atom stereocenters. The molecule has 31 heavy (non-hydrogen) atoms. The standard InChI is InChI=1S/C22H28N2O6S/c1-4-19(30-18-7-5-6-16(2)14-18)22(25)23-17-8-9-20(28-3)21(15-17)31(26,27)24-10-12-29-13-11-24/h5-9,14-15,19H,4,10-13H2,1-3H3,(H,23,25). The van der Waals surface area contributed by atoms with Gasteiger partial charge < -0.3 is 19.5 Å². The zero-order valence-electron chi connectivity index (χ0n) is 18.0. The van der Waals surface area contributed by atoms with E-state index in [1.54, 1.807) is 12.1 Å². The van der Waals surface area contributed by atoms with Gasteiger partial charge in [-0.1, -0.05) is 19.1 Å². The number of sulfonamides is 1. The van der Waals surface area contributed by atoms with Gasteiger partial charge in [-0.05, 0) is 49.2 Å². The third kappa shape index (κ3) is 5.55. The number of carbonyl (C=O) groups excluding carboxylic acids is 1. The summed E-state index contributed by atoms with van der Waals surface area (Å²) < 4.78 is 44.0. The van der Waals surface area contributed by atoms with Crippen LogP contribution in [-0.2, 0) is 19.6 Å². The Hall–Kier alpha value is -2.62. The van der Waals surface area contributed by atoms with Gasteiger partial charge in [-0.25, -0.2) is 8.42 Å². The van der Waals surface area contributed by atoms with Crippen LogP contribution in [0.4, 0.5) is 5.69 Å². The minimum atomic E-state index is -3.80. The molecule has 3 rings (SSSR count). The molecule has 1 fully saturated rings. The molecule has 0 saturated carbocycles. The first-order valence-corrected chi connectivity index (χ1v) is 11.6. The lowest BCUT2D eigenvalue weighted by atomic mass is 10.2. The zero-order valence-corrected chi connectivity index (χ0v) is 18.8. The van der Waals surface area contributed by atoms with Crippen molar-refractivity contribution in [2.45, 2.75) is 31.3 Å². The van der Waals surface area contributed by atoms with Crippen LogP contribution < -0.4 is 14.8 Å². The number of nitrogens with zero attached hydrogens (tertiary/aromatic N) is 1. The Bertz CT molecular complexity index is 1020.